The number of benzene rings is 4. The first-order chi connectivity index (χ1) is 19.6. The summed E-state index contributed by atoms with van der Waals surface area (Å²) in [6.07, 6.45) is 0.0247. The van der Waals surface area contributed by atoms with Crippen molar-refractivity contribution in [3.63, 3.8) is 0 Å². The Morgan fingerprint density at radius 1 is 0.854 bits per heavy atom. The third kappa shape index (κ3) is 7.24. The molecule has 0 saturated heterocycles. The molecule has 9 nitrogen and oxygen atoms in total. The van der Waals surface area contributed by atoms with Gasteiger partial charge in [0.1, 0.15) is 6.04 Å². The largest absolute Gasteiger partial charge is 0.493 e. The van der Waals surface area contributed by atoms with Gasteiger partial charge in [-0.1, -0.05) is 70.5 Å². The van der Waals surface area contributed by atoms with Gasteiger partial charge in [0.05, 0.1) is 30.4 Å². The molecule has 0 heterocycles. The molecule has 0 radical (unpaired) electrons. The van der Waals surface area contributed by atoms with Gasteiger partial charge in [0.25, 0.3) is 15.9 Å². The van der Waals surface area contributed by atoms with E-state index in [2.05, 4.69) is 26.0 Å². The molecular weight excluding hydrogens is 612 g/mol. The number of methoxy groups -OCH3 is 2. The molecule has 0 aliphatic rings. The molecule has 212 valence electrons. The van der Waals surface area contributed by atoms with Crippen molar-refractivity contribution in [1.82, 2.24) is 5.32 Å². The van der Waals surface area contributed by atoms with Crippen LogP contribution in [0.2, 0.25) is 0 Å². The van der Waals surface area contributed by atoms with Gasteiger partial charge in [-0.25, -0.2) is 13.2 Å². The van der Waals surface area contributed by atoms with E-state index in [1.54, 1.807) is 6.07 Å². The first-order valence-corrected chi connectivity index (χ1v) is 14.6. The zero-order valence-electron chi connectivity index (χ0n) is 22.1. The number of aliphatic carboxylic acids is 1. The third-order valence-corrected chi connectivity index (χ3v) is 8.10. The second-order valence-electron chi connectivity index (χ2n) is 8.94. The summed E-state index contributed by atoms with van der Waals surface area (Å²) in [6.45, 7) is 0. The normalized spacial score (nSPS) is 11.8. The van der Waals surface area contributed by atoms with E-state index in [0.717, 1.165) is 11.1 Å². The molecule has 1 atom stereocenters. The number of ether oxygens (including phenoxy) is 2. The van der Waals surface area contributed by atoms with Crippen LogP contribution in [0.4, 0.5) is 5.69 Å². The van der Waals surface area contributed by atoms with E-state index in [-0.39, 0.29) is 28.3 Å². The van der Waals surface area contributed by atoms with E-state index < -0.39 is 27.9 Å². The number of carboxylic acid groups (broad SMARTS) is 1. The van der Waals surface area contributed by atoms with Crippen LogP contribution in [0, 0.1) is 0 Å². The van der Waals surface area contributed by atoms with Gasteiger partial charge >= 0.3 is 5.97 Å². The Bertz CT molecular complexity index is 1660. The Labute approximate surface area is 246 Å². The molecule has 0 bridgehead atoms. The lowest BCUT2D eigenvalue weighted by atomic mass is 10.0. The quantitative estimate of drug-likeness (QED) is 0.202. The zero-order chi connectivity index (χ0) is 29.6. The summed E-state index contributed by atoms with van der Waals surface area (Å²) in [5, 5.41) is 12.4. The number of anilines is 1. The predicted octanol–water partition coefficient (Wildman–Crippen LogP) is 5.36. The maximum absolute atomic E-state index is 13.3. The van der Waals surface area contributed by atoms with E-state index in [1.807, 2.05) is 54.6 Å². The second-order valence-corrected chi connectivity index (χ2v) is 11.5. The third-order valence-electron chi connectivity index (χ3n) is 6.24. The van der Waals surface area contributed by atoms with Gasteiger partial charge < -0.3 is 19.9 Å². The SMILES string of the molecule is COc1ccc(S(=O)(=O)Nc2ccc(Br)cc2C(=O)N[C@@H](Cc2ccc(-c3ccccc3)cc2)C(=O)O)cc1OC. The number of halogens is 1. The highest BCUT2D eigenvalue weighted by molar-refractivity contribution is 9.10. The number of rotatable bonds is 11. The summed E-state index contributed by atoms with van der Waals surface area (Å²) in [7, 11) is -1.34. The molecule has 4 rings (SSSR count). The molecule has 3 N–H and O–H groups in total. The Kier molecular flexibility index (Phi) is 9.31. The fraction of sp³-hybridized carbons (Fsp3) is 0.133. The lowest BCUT2D eigenvalue weighted by Crippen LogP contribution is -2.42. The fourth-order valence-electron chi connectivity index (χ4n) is 4.12. The van der Waals surface area contributed by atoms with Crippen molar-refractivity contribution in [2.24, 2.45) is 0 Å². The predicted molar refractivity (Wildman–Crippen MR) is 159 cm³/mol. The van der Waals surface area contributed by atoms with Crippen LogP contribution in [0.3, 0.4) is 0 Å². The van der Waals surface area contributed by atoms with Crippen LogP contribution in [0.1, 0.15) is 15.9 Å². The minimum atomic E-state index is -4.16. The van der Waals surface area contributed by atoms with Gasteiger partial charge in [-0.15, -0.1) is 0 Å². The molecule has 0 aromatic heterocycles. The molecule has 4 aromatic carbocycles. The van der Waals surface area contributed by atoms with Gasteiger partial charge in [0, 0.05) is 17.0 Å². The minimum Gasteiger partial charge on any atom is -0.493 e. The van der Waals surface area contributed by atoms with Gasteiger partial charge in [-0.05, 0) is 47.0 Å². The number of amides is 1. The van der Waals surface area contributed by atoms with E-state index >= 15 is 0 Å². The molecule has 1 amide bonds. The smallest absolute Gasteiger partial charge is 0.326 e. The number of carbonyl (C=O) groups excluding carboxylic acids is 1. The second kappa shape index (κ2) is 12.9. The average molecular weight is 640 g/mol. The molecule has 0 aliphatic heterocycles. The van der Waals surface area contributed by atoms with Crippen LogP contribution < -0.4 is 19.5 Å². The maximum atomic E-state index is 13.3. The molecule has 11 heteroatoms. The fourth-order valence-corrected chi connectivity index (χ4v) is 5.57. The van der Waals surface area contributed by atoms with Crippen LogP contribution in [-0.2, 0) is 21.2 Å². The number of hydrogen-bond donors (Lipinski definition) is 3. The lowest BCUT2D eigenvalue weighted by Gasteiger charge is -2.18. The number of nitrogens with one attached hydrogen (secondary N) is 2. The summed E-state index contributed by atoms with van der Waals surface area (Å²) in [5.74, 6) is -1.42. The maximum Gasteiger partial charge on any atom is 0.326 e. The Balaban J connectivity index is 1.55. The molecule has 0 aliphatic carbocycles. The summed E-state index contributed by atoms with van der Waals surface area (Å²) >= 11 is 3.29. The van der Waals surface area contributed by atoms with Crippen molar-refractivity contribution in [3.8, 4) is 22.6 Å². The van der Waals surface area contributed by atoms with Crippen molar-refractivity contribution >= 4 is 43.5 Å². The summed E-state index contributed by atoms with van der Waals surface area (Å²) < 4.78 is 39.7. The highest BCUT2D eigenvalue weighted by Gasteiger charge is 2.25. The van der Waals surface area contributed by atoms with Gasteiger partial charge in [-0.2, -0.15) is 0 Å². The van der Waals surface area contributed by atoms with Crippen molar-refractivity contribution in [2.45, 2.75) is 17.4 Å². The Hall–Kier alpha value is -4.35. The lowest BCUT2D eigenvalue weighted by molar-refractivity contribution is -0.139. The van der Waals surface area contributed by atoms with Crippen molar-refractivity contribution in [3.05, 3.63) is 107 Å². The minimum absolute atomic E-state index is 0.0247. The summed E-state index contributed by atoms with van der Waals surface area (Å²) in [4.78, 5) is 25.3. The molecule has 4 aromatic rings. The van der Waals surface area contributed by atoms with Gasteiger partial charge in [0.15, 0.2) is 11.5 Å². The zero-order valence-corrected chi connectivity index (χ0v) is 24.5. The standard InChI is InChI=1S/C30H27BrN2O7S/c1-39-27-15-13-23(18-28(27)40-2)41(37,38)33-25-14-12-22(31)17-24(25)29(34)32-26(30(35)36)16-19-8-10-21(11-9-19)20-6-4-3-5-7-20/h3-15,17-18,26,33H,16H2,1-2H3,(H,32,34)(H,35,36)/t26-/m0/s1. The van der Waals surface area contributed by atoms with Crippen molar-refractivity contribution < 1.29 is 32.6 Å². The topological polar surface area (TPSA) is 131 Å². The summed E-state index contributed by atoms with van der Waals surface area (Å²) in [6, 6.07) is 24.4. The van der Waals surface area contributed by atoms with E-state index in [4.69, 9.17) is 9.47 Å². The number of carboxylic acids is 1. The molecule has 41 heavy (non-hydrogen) atoms. The molecule has 0 spiro atoms. The number of hydrogen-bond acceptors (Lipinski definition) is 6. The molecule has 0 saturated carbocycles. The Morgan fingerprint density at radius 2 is 1.51 bits per heavy atom. The van der Waals surface area contributed by atoms with Crippen molar-refractivity contribution in [2.75, 3.05) is 18.9 Å². The molecule has 0 fully saturated rings. The first-order valence-electron chi connectivity index (χ1n) is 12.3. The van der Waals surface area contributed by atoms with Crippen LogP contribution in [-0.4, -0.2) is 45.7 Å². The summed E-state index contributed by atoms with van der Waals surface area (Å²) in [5.41, 5.74) is 2.62. The van der Waals surface area contributed by atoms with Gasteiger partial charge in [0.2, 0.25) is 0 Å². The number of sulfonamides is 1. The van der Waals surface area contributed by atoms with E-state index in [9.17, 15) is 23.1 Å². The average Bonchev–Trinajstić information content (AvgIpc) is 2.97. The molecular formula is C30H27BrN2O7S. The van der Waals surface area contributed by atoms with E-state index in [1.165, 1.54) is 44.6 Å². The van der Waals surface area contributed by atoms with Gasteiger partial charge in [-0.3, -0.25) is 9.52 Å². The van der Waals surface area contributed by atoms with Crippen molar-refractivity contribution in [1.29, 1.82) is 0 Å². The monoisotopic (exact) mass is 638 g/mol. The highest BCUT2D eigenvalue weighted by atomic mass is 79.9. The Morgan fingerprint density at radius 3 is 2.15 bits per heavy atom. The van der Waals surface area contributed by atoms with Crippen LogP contribution >= 0.6 is 15.9 Å². The van der Waals surface area contributed by atoms with Crippen LogP contribution in [0.15, 0.2) is 100 Å². The van der Waals surface area contributed by atoms with E-state index in [0.29, 0.717) is 15.8 Å². The molecule has 0 unspecified atom stereocenters. The number of carbonyl (C=O) groups is 2. The van der Waals surface area contributed by atoms with Crippen LogP contribution in [0.25, 0.3) is 11.1 Å². The first kappa shape index (κ1) is 29.6. The highest BCUT2D eigenvalue weighted by Crippen LogP contribution is 2.31. The van der Waals surface area contributed by atoms with Crippen LogP contribution in [0.5, 0.6) is 11.5 Å².